The van der Waals surface area contributed by atoms with Crippen molar-refractivity contribution < 1.29 is 24.2 Å². The zero-order valence-corrected chi connectivity index (χ0v) is 20.1. The number of carboxylic acid groups (broad SMARTS) is 1. The summed E-state index contributed by atoms with van der Waals surface area (Å²) in [6.07, 6.45) is 9.05. The molecule has 31 heavy (non-hydrogen) atoms. The lowest BCUT2D eigenvalue weighted by molar-refractivity contribution is -0.258. The number of carboxylic acids is 1. The van der Waals surface area contributed by atoms with Crippen molar-refractivity contribution in [1.82, 2.24) is 0 Å². The van der Waals surface area contributed by atoms with Crippen LogP contribution in [0.1, 0.15) is 85.0 Å². The van der Waals surface area contributed by atoms with Crippen LogP contribution in [0, 0.1) is 46.3 Å². The maximum atomic E-state index is 13.6. The van der Waals surface area contributed by atoms with E-state index in [1.807, 2.05) is 0 Å². The van der Waals surface area contributed by atoms with Gasteiger partial charge in [0.1, 0.15) is 5.78 Å². The Morgan fingerprint density at radius 3 is 2.39 bits per heavy atom. The summed E-state index contributed by atoms with van der Waals surface area (Å²) < 4.78 is 11.6. The fraction of sp³-hybridized carbons (Fsp3) is 0.923. The first-order valence-electron chi connectivity index (χ1n) is 12.4. The summed E-state index contributed by atoms with van der Waals surface area (Å²) >= 11 is 0. The molecule has 4 aliphatic rings. The van der Waals surface area contributed by atoms with Crippen LogP contribution >= 0.6 is 0 Å². The highest BCUT2D eigenvalue weighted by Crippen LogP contribution is 2.68. The molecule has 0 radical (unpaired) electrons. The van der Waals surface area contributed by atoms with Crippen molar-refractivity contribution >= 4 is 11.8 Å². The van der Waals surface area contributed by atoms with Gasteiger partial charge in [-0.25, -0.2) is 0 Å². The summed E-state index contributed by atoms with van der Waals surface area (Å²) in [6.45, 7) is 7.11. The van der Waals surface area contributed by atoms with Crippen LogP contribution in [0.15, 0.2) is 0 Å². The van der Waals surface area contributed by atoms with Gasteiger partial charge in [0.25, 0.3) is 0 Å². The number of carbonyl (C=O) groups excluding carboxylic acids is 1. The van der Waals surface area contributed by atoms with Gasteiger partial charge in [0.05, 0.1) is 0 Å². The third kappa shape index (κ3) is 3.58. The number of ether oxygens (including phenoxy) is 2. The SMILES string of the molecule is COC1(OC)CC[C@@]2(C)[C@@H](CC(=O)[C@@H]3[C@H]4CC[C@H]([C@H](C)CCC(=O)O)[C@@]4(C)CC[C@@H]32)C1. The summed E-state index contributed by atoms with van der Waals surface area (Å²) in [5, 5.41) is 9.14. The molecule has 4 fully saturated rings. The van der Waals surface area contributed by atoms with Crippen molar-refractivity contribution in [3.05, 3.63) is 0 Å². The highest BCUT2D eigenvalue weighted by Gasteiger charge is 2.64. The molecule has 1 N–H and O–H groups in total. The van der Waals surface area contributed by atoms with Gasteiger partial charge in [-0.3, -0.25) is 9.59 Å². The van der Waals surface area contributed by atoms with E-state index >= 15 is 0 Å². The molecule has 0 aromatic heterocycles. The predicted molar refractivity (Wildman–Crippen MR) is 118 cm³/mol. The normalized spacial score (nSPS) is 44.8. The van der Waals surface area contributed by atoms with Gasteiger partial charge in [-0.2, -0.15) is 0 Å². The lowest BCUT2D eigenvalue weighted by Crippen LogP contribution is -2.59. The second-order valence-corrected chi connectivity index (χ2v) is 11.8. The van der Waals surface area contributed by atoms with Crippen LogP contribution in [0.5, 0.6) is 0 Å². The molecule has 0 heterocycles. The summed E-state index contributed by atoms with van der Waals surface area (Å²) in [4.78, 5) is 24.7. The molecule has 0 bridgehead atoms. The zero-order valence-electron chi connectivity index (χ0n) is 20.1. The Morgan fingerprint density at radius 2 is 1.74 bits per heavy atom. The third-order valence-electron chi connectivity index (χ3n) is 10.8. The molecule has 4 saturated carbocycles. The second kappa shape index (κ2) is 8.13. The standard InChI is InChI=1S/C26H42O5/c1-16(6-9-22(28)29)18-7-8-19-23-20(10-11-25(18,19)3)24(2)12-13-26(30-4,31-5)15-17(24)14-21(23)27/h16-20,23H,6-15H2,1-5H3,(H,28,29)/t16-,17+,18-,19-,20+,23-,24+,25-/m1/s1. The van der Waals surface area contributed by atoms with E-state index in [2.05, 4.69) is 20.8 Å². The Hall–Kier alpha value is -0.940. The maximum Gasteiger partial charge on any atom is 0.303 e. The number of hydrogen-bond acceptors (Lipinski definition) is 4. The minimum Gasteiger partial charge on any atom is -0.481 e. The highest BCUT2D eigenvalue weighted by molar-refractivity contribution is 5.83. The molecule has 5 nitrogen and oxygen atoms in total. The van der Waals surface area contributed by atoms with E-state index < -0.39 is 11.8 Å². The molecule has 0 amide bonds. The van der Waals surface area contributed by atoms with Gasteiger partial charge < -0.3 is 14.6 Å². The smallest absolute Gasteiger partial charge is 0.303 e. The summed E-state index contributed by atoms with van der Waals surface area (Å²) in [6, 6.07) is 0. The van der Waals surface area contributed by atoms with E-state index in [1.165, 1.54) is 6.42 Å². The van der Waals surface area contributed by atoms with E-state index in [0.29, 0.717) is 41.8 Å². The lowest BCUT2D eigenvalue weighted by atomic mass is 9.44. The summed E-state index contributed by atoms with van der Waals surface area (Å²) in [7, 11) is 3.46. The first-order chi connectivity index (χ1) is 14.6. The van der Waals surface area contributed by atoms with Gasteiger partial charge >= 0.3 is 5.97 Å². The highest BCUT2D eigenvalue weighted by atomic mass is 16.7. The number of aliphatic carboxylic acids is 1. The number of Topliss-reactive ketones (excluding diaryl/α,β-unsaturated/α-hetero) is 1. The van der Waals surface area contributed by atoms with Gasteiger partial charge in [-0.05, 0) is 78.9 Å². The zero-order chi connectivity index (χ0) is 22.6. The summed E-state index contributed by atoms with van der Waals surface area (Å²) in [5.41, 5.74) is 0.364. The molecule has 4 aliphatic carbocycles. The van der Waals surface area contributed by atoms with E-state index in [-0.39, 0.29) is 23.2 Å². The van der Waals surface area contributed by atoms with Crippen LogP contribution in [0.25, 0.3) is 0 Å². The van der Waals surface area contributed by atoms with Crippen LogP contribution in [-0.4, -0.2) is 36.9 Å². The fourth-order valence-electron chi connectivity index (χ4n) is 8.86. The van der Waals surface area contributed by atoms with Gasteiger partial charge in [0.15, 0.2) is 5.79 Å². The molecule has 0 aromatic rings. The van der Waals surface area contributed by atoms with Crippen LogP contribution in [0.2, 0.25) is 0 Å². The molecule has 0 saturated heterocycles. The van der Waals surface area contributed by atoms with Crippen LogP contribution < -0.4 is 0 Å². The Bertz CT molecular complexity index is 715. The second-order valence-electron chi connectivity index (χ2n) is 11.8. The summed E-state index contributed by atoms with van der Waals surface area (Å²) in [5.74, 6) is 1.66. The predicted octanol–water partition coefficient (Wildman–Crippen LogP) is 5.31. The van der Waals surface area contributed by atoms with Gasteiger partial charge in [-0.1, -0.05) is 20.8 Å². The molecular formula is C26H42O5. The molecule has 0 spiro atoms. The van der Waals surface area contributed by atoms with Crippen molar-refractivity contribution in [1.29, 1.82) is 0 Å². The monoisotopic (exact) mass is 434 g/mol. The average molecular weight is 435 g/mol. The molecule has 4 rings (SSSR count). The van der Waals surface area contributed by atoms with Crippen LogP contribution in [0.4, 0.5) is 0 Å². The van der Waals surface area contributed by atoms with Crippen molar-refractivity contribution in [2.24, 2.45) is 46.3 Å². The maximum absolute atomic E-state index is 13.6. The Kier molecular flexibility index (Phi) is 6.09. The first kappa shape index (κ1) is 23.2. The van der Waals surface area contributed by atoms with Crippen molar-refractivity contribution in [2.75, 3.05) is 14.2 Å². The van der Waals surface area contributed by atoms with Gasteiger partial charge in [-0.15, -0.1) is 0 Å². The minimum atomic E-state index is -0.697. The Labute approximate surface area is 187 Å². The largest absolute Gasteiger partial charge is 0.481 e. The van der Waals surface area contributed by atoms with Crippen molar-refractivity contribution in [3.8, 4) is 0 Å². The van der Waals surface area contributed by atoms with Gasteiger partial charge in [0, 0.05) is 45.8 Å². The van der Waals surface area contributed by atoms with E-state index in [0.717, 1.165) is 44.9 Å². The van der Waals surface area contributed by atoms with E-state index in [4.69, 9.17) is 14.6 Å². The average Bonchev–Trinajstić information content (AvgIpc) is 3.09. The molecule has 5 heteroatoms. The number of rotatable bonds is 6. The van der Waals surface area contributed by atoms with Crippen molar-refractivity contribution in [3.63, 3.8) is 0 Å². The number of methoxy groups -OCH3 is 2. The molecule has 8 atom stereocenters. The third-order valence-corrected chi connectivity index (χ3v) is 10.8. The number of ketones is 1. The van der Waals surface area contributed by atoms with E-state index in [9.17, 15) is 9.59 Å². The molecule has 0 aromatic carbocycles. The van der Waals surface area contributed by atoms with Crippen LogP contribution in [-0.2, 0) is 19.1 Å². The van der Waals surface area contributed by atoms with Crippen LogP contribution in [0.3, 0.4) is 0 Å². The van der Waals surface area contributed by atoms with Crippen molar-refractivity contribution in [2.45, 2.75) is 90.8 Å². The fourth-order valence-corrected chi connectivity index (χ4v) is 8.86. The lowest BCUT2D eigenvalue weighted by Gasteiger charge is -2.61. The topological polar surface area (TPSA) is 72.8 Å². The van der Waals surface area contributed by atoms with E-state index in [1.54, 1.807) is 14.2 Å². The quantitative estimate of drug-likeness (QED) is 0.573. The Balaban J connectivity index is 1.56. The Morgan fingerprint density at radius 1 is 1.06 bits per heavy atom. The molecule has 0 aliphatic heterocycles. The molecular weight excluding hydrogens is 392 g/mol. The molecule has 0 unspecified atom stereocenters. The number of fused-ring (bicyclic) bond motifs is 5. The first-order valence-corrected chi connectivity index (χ1v) is 12.4. The minimum absolute atomic E-state index is 0.176. The number of carbonyl (C=O) groups is 2. The molecule has 176 valence electrons. The number of hydrogen-bond donors (Lipinski definition) is 1. The van der Waals surface area contributed by atoms with Gasteiger partial charge in [0.2, 0.25) is 0 Å².